The van der Waals surface area contributed by atoms with E-state index in [-0.39, 0.29) is 29.8 Å². The summed E-state index contributed by atoms with van der Waals surface area (Å²) in [6.45, 7) is 3.34. The Bertz CT molecular complexity index is 1420. The van der Waals surface area contributed by atoms with Crippen LogP contribution in [0.25, 0.3) is 11.3 Å². The van der Waals surface area contributed by atoms with Crippen LogP contribution in [0.5, 0.6) is 0 Å². The van der Waals surface area contributed by atoms with Gasteiger partial charge in [0.2, 0.25) is 6.79 Å². The van der Waals surface area contributed by atoms with Gasteiger partial charge in [0.05, 0.1) is 17.3 Å². The predicted molar refractivity (Wildman–Crippen MR) is 161 cm³/mol. The zero-order valence-corrected chi connectivity index (χ0v) is 25.6. The molecular weight excluding hydrogens is 594 g/mol. The van der Waals surface area contributed by atoms with E-state index >= 15 is 0 Å². The number of ether oxygens (including phenoxy) is 3. The number of carbonyl (C=O) groups excluding carboxylic acids is 2. The molecule has 3 aromatic heterocycles. The quantitative estimate of drug-likeness (QED) is 0.128. The number of hydrogen-bond donors (Lipinski definition) is 2. The van der Waals surface area contributed by atoms with Gasteiger partial charge in [-0.15, -0.1) is 0 Å². The van der Waals surface area contributed by atoms with Gasteiger partial charge in [-0.3, -0.25) is 9.78 Å². The van der Waals surface area contributed by atoms with Gasteiger partial charge in [-0.2, -0.15) is 11.8 Å². The number of thioether (sulfide) groups is 1. The van der Waals surface area contributed by atoms with E-state index in [4.69, 9.17) is 14.2 Å². The molecule has 0 bridgehead atoms. The number of aryl methyl sites for hydroxylation is 1. The maximum atomic E-state index is 13.1. The molecule has 3 aromatic rings. The first-order valence-electron chi connectivity index (χ1n) is 14.2. The van der Waals surface area contributed by atoms with Gasteiger partial charge in [0.1, 0.15) is 23.8 Å². The smallest absolute Gasteiger partial charge is 0.433 e. The molecule has 44 heavy (non-hydrogen) atoms. The Morgan fingerprint density at radius 3 is 2.52 bits per heavy atom. The molecule has 1 atom stereocenters. The third-order valence-corrected chi connectivity index (χ3v) is 8.16. The van der Waals surface area contributed by atoms with E-state index in [2.05, 4.69) is 20.3 Å². The van der Waals surface area contributed by atoms with Crippen molar-refractivity contribution in [1.82, 2.24) is 15.0 Å². The first kappa shape index (κ1) is 33.1. The summed E-state index contributed by atoms with van der Waals surface area (Å²) in [4.78, 5) is 37.2. The summed E-state index contributed by atoms with van der Waals surface area (Å²) < 4.78 is 40.9. The highest BCUT2D eigenvalue weighted by Gasteiger charge is 2.39. The number of halogens is 2. The molecule has 1 aliphatic rings. The molecule has 10 nitrogen and oxygen atoms in total. The maximum absolute atomic E-state index is 13.1. The van der Waals surface area contributed by atoms with E-state index in [0.717, 1.165) is 5.56 Å². The first-order valence-corrected chi connectivity index (χ1v) is 15.6. The number of carbonyl (C=O) groups is 2. The third-order valence-electron chi connectivity index (χ3n) is 7.58. The lowest BCUT2D eigenvalue weighted by Gasteiger charge is -2.37. The third kappa shape index (κ3) is 8.85. The zero-order valence-electron chi connectivity index (χ0n) is 24.8. The van der Waals surface area contributed by atoms with Crippen LogP contribution < -0.4 is 5.32 Å². The Labute approximate surface area is 258 Å². The molecule has 2 N–H and O–H groups in total. The number of anilines is 2. The van der Waals surface area contributed by atoms with E-state index in [1.54, 1.807) is 25.3 Å². The molecule has 236 valence electrons. The van der Waals surface area contributed by atoms with E-state index in [9.17, 15) is 23.5 Å². The molecule has 1 saturated carbocycles. The van der Waals surface area contributed by atoms with Crippen molar-refractivity contribution >= 4 is 35.5 Å². The normalized spacial score (nSPS) is 17.9. The van der Waals surface area contributed by atoms with Crippen LogP contribution in [-0.2, 0) is 24.6 Å². The van der Waals surface area contributed by atoms with E-state index in [1.807, 2.05) is 25.3 Å². The number of rotatable bonds is 12. The number of nitrogens with zero attached hydrogens (tertiary/aromatic N) is 3. The fraction of sp³-hybridized carbons (Fsp3) is 0.452. The summed E-state index contributed by atoms with van der Waals surface area (Å²) in [6, 6.07) is 9.80. The molecule has 1 aliphatic carbocycles. The number of hydrogen-bond acceptors (Lipinski definition) is 11. The SMILES string of the molecule is CSCCOC(=O)OCOC(=O)C1CCC([C@@](C)(O)c2ccc(-c3cc(C)cc(Nc4cc(C(F)F)ccn4)n3)cn2)CC1. The fourth-order valence-electron chi connectivity index (χ4n) is 5.11. The Kier molecular flexibility index (Phi) is 11.5. The van der Waals surface area contributed by atoms with Crippen LogP contribution in [0.4, 0.5) is 25.2 Å². The van der Waals surface area contributed by atoms with Crippen molar-refractivity contribution in [2.24, 2.45) is 11.8 Å². The van der Waals surface area contributed by atoms with Gasteiger partial charge >= 0.3 is 12.1 Å². The Morgan fingerprint density at radius 2 is 1.84 bits per heavy atom. The minimum Gasteiger partial charge on any atom is -0.433 e. The fourth-order valence-corrected chi connectivity index (χ4v) is 5.36. The Morgan fingerprint density at radius 1 is 1.07 bits per heavy atom. The molecule has 1 fully saturated rings. The van der Waals surface area contributed by atoms with Crippen LogP contribution in [0.2, 0.25) is 0 Å². The molecule has 3 heterocycles. The van der Waals surface area contributed by atoms with Crippen LogP contribution in [0.1, 0.15) is 55.9 Å². The van der Waals surface area contributed by atoms with Crippen molar-refractivity contribution in [3.8, 4) is 11.3 Å². The summed E-state index contributed by atoms with van der Waals surface area (Å²) in [7, 11) is 0. The minimum absolute atomic E-state index is 0.128. The highest BCUT2D eigenvalue weighted by Crippen LogP contribution is 2.41. The van der Waals surface area contributed by atoms with Crippen LogP contribution in [0.3, 0.4) is 0 Å². The molecule has 0 unspecified atom stereocenters. The molecule has 0 radical (unpaired) electrons. The van der Waals surface area contributed by atoms with Gasteiger partial charge < -0.3 is 24.6 Å². The maximum Gasteiger partial charge on any atom is 0.511 e. The summed E-state index contributed by atoms with van der Waals surface area (Å²) in [5.74, 6) is 0.429. The van der Waals surface area contributed by atoms with Gasteiger partial charge in [-0.25, -0.2) is 23.5 Å². The lowest BCUT2D eigenvalue weighted by Crippen LogP contribution is -2.37. The Hall–Kier alpha value is -3.84. The zero-order chi connectivity index (χ0) is 31.7. The summed E-state index contributed by atoms with van der Waals surface area (Å²) in [5.41, 5.74) is 1.36. The molecule has 0 spiro atoms. The van der Waals surface area contributed by atoms with Gasteiger partial charge in [-0.05, 0) is 93.7 Å². The van der Waals surface area contributed by atoms with Crippen LogP contribution in [0.15, 0.2) is 48.8 Å². The molecule has 0 amide bonds. The number of aromatic nitrogens is 3. The molecular formula is C31H36F2N4O6S. The number of esters is 1. The van der Waals surface area contributed by atoms with Gasteiger partial charge in [0.15, 0.2) is 0 Å². The van der Waals surface area contributed by atoms with Crippen molar-refractivity contribution in [1.29, 1.82) is 0 Å². The topological polar surface area (TPSA) is 133 Å². The number of nitrogens with one attached hydrogen (secondary N) is 1. The number of alkyl halides is 2. The second-order valence-corrected chi connectivity index (χ2v) is 11.7. The number of pyridine rings is 3. The van der Waals surface area contributed by atoms with Crippen LogP contribution in [0, 0.1) is 18.8 Å². The summed E-state index contributed by atoms with van der Waals surface area (Å²) >= 11 is 1.53. The summed E-state index contributed by atoms with van der Waals surface area (Å²) in [6.07, 6.45) is 3.58. The highest BCUT2D eigenvalue weighted by molar-refractivity contribution is 7.98. The van der Waals surface area contributed by atoms with E-state index in [1.165, 1.54) is 30.1 Å². The molecule has 0 saturated heterocycles. The van der Waals surface area contributed by atoms with Crippen LogP contribution >= 0.6 is 11.8 Å². The standard InChI is InChI=1S/C31H36F2N4O6S/c1-19-14-24(36-27(15-19)37-26-16-21(28(32)33)10-11-34-26)22-6-9-25(35-17-22)31(2,40)23-7-4-20(5-8-23)29(38)42-18-43-30(39)41-12-13-44-3/h6,9-11,14-17,20,23,28,40H,4-5,7-8,12-13,18H2,1-3H3,(H,34,36,37)/t20?,23?,31-/m1/s1. The van der Waals surface area contributed by atoms with Crippen molar-refractivity contribution in [3.05, 3.63) is 65.6 Å². The average Bonchev–Trinajstić information content (AvgIpc) is 3.01. The van der Waals surface area contributed by atoms with Crippen molar-refractivity contribution in [2.75, 3.05) is 30.7 Å². The van der Waals surface area contributed by atoms with Gasteiger partial charge in [0, 0.05) is 29.3 Å². The monoisotopic (exact) mass is 630 g/mol. The van der Waals surface area contributed by atoms with Gasteiger partial charge in [-0.1, -0.05) is 0 Å². The predicted octanol–water partition coefficient (Wildman–Crippen LogP) is 6.56. The molecule has 4 rings (SSSR count). The second-order valence-electron chi connectivity index (χ2n) is 10.8. The summed E-state index contributed by atoms with van der Waals surface area (Å²) in [5, 5.41) is 14.5. The Balaban J connectivity index is 1.33. The minimum atomic E-state index is -2.61. The molecule has 13 heteroatoms. The van der Waals surface area contributed by atoms with Crippen molar-refractivity contribution in [2.45, 2.75) is 51.6 Å². The first-order chi connectivity index (χ1) is 21.1. The van der Waals surface area contributed by atoms with Crippen molar-refractivity contribution in [3.63, 3.8) is 0 Å². The van der Waals surface area contributed by atoms with Crippen molar-refractivity contribution < 1.29 is 37.7 Å². The van der Waals surface area contributed by atoms with E-state index < -0.39 is 30.9 Å². The van der Waals surface area contributed by atoms with Gasteiger partial charge in [0.25, 0.3) is 6.43 Å². The highest BCUT2D eigenvalue weighted by atomic mass is 32.2. The number of aliphatic hydroxyl groups is 1. The molecule has 0 aliphatic heterocycles. The van der Waals surface area contributed by atoms with E-state index in [0.29, 0.717) is 54.2 Å². The molecule has 0 aromatic carbocycles. The average molecular weight is 631 g/mol. The largest absolute Gasteiger partial charge is 0.511 e. The second kappa shape index (κ2) is 15.2. The van der Waals surface area contributed by atoms with Crippen LogP contribution in [-0.4, -0.2) is 57.6 Å². The lowest BCUT2D eigenvalue weighted by atomic mass is 9.73. The lowest BCUT2D eigenvalue weighted by molar-refractivity contribution is -0.160.